The molecular formula is C25H28N4O6. The fourth-order valence-corrected chi connectivity index (χ4v) is 4.83. The Bertz CT molecular complexity index is 1380. The summed E-state index contributed by atoms with van der Waals surface area (Å²) in [7, 11) is 0. The van der Waals surface area contributed by atoms with E-state index >= 15 is 0 Å². The highest BCUT2D eigenvalue weighted by Crippen LogP contribution is 2.39. The second kappa shape index (κ2) is 9.04. The molecule has 2 aromatic heterocycles. The molecule has 4 heterocycles. The molecule has 10 heteroatoms. The van der Waals surface area contributed by atoms with Gasteiger partial charge >= 0.3 is 5.97 Å². The second-order valence-electron chi connectivity index (χ2n) is 8.81. The van der Waals surface area contributed by atoms with Crippen LogP contribution in [0.15, 0.2) is 29.1 Å². The fraction of sp³-hybridized carbons (Fsp3) is 0.400. The molecule has 0 radical (unpaired) electrons. The zero-order valence-electron chi connectivity index (χ0n) is 19.5. The van der Waals surface area contributed by atoms with Gasteiger partial charge in [0.05, 0.1) is 42.2 Å². The van der Waals surface area contributed by atoms with E-state index in [4.69, 9.17) is 20.2 Å². The number of nitrogens with zero attached hydrogens (tertiary/aromatic N) is 2. The number of cyclic esters (lactones) is 1. The number of phenolic OH excluding ortho intramolecular Hbond substituents is 1. The van der Waals surface area contributed by atoms with Crippen molar-refractivity contribution in [1.82, 2.24) is 14.9 Å². The van der Waals surface area contributed by atoms with Crippen molar-refractivity contribution < 1.29 is 24.5 Å². The lowest BCUT2D eigenvalue weighted by Crippen LogP contribution is -2.44. The maximum absolute atomic E-state index is 13.3. The van der Waals surface area contributed by atoms with Crippen LogP contribution in [0, 0.1) is 0 Å². The quantitative estimate of drug-likeness (QED) is 0.213. The van der Waals surface area contributed by atoms with Crippen LogP contribution in [0.2, 0.25) is 0 Å². The first-order valence-electron chi connectivity index (χ1n) is 11.7. The molecule has 2 aliphatic rings. The highest BCUT2D eigenvalue weighted by molar-refractivity contribution is 5.89. The number of esters is 1. The number of carbonyl (C=O) groups is 1. The van der Waals surface area contributed by atoms with Gasteiger partial charge in [0.25, 0.3) is 5.56 Å². The average Bonchev–Trinajstić information content (AvgIpc) is 3.22. The number of aromatic nitrogens is 2. The Labute approximate surface area is 201 Å². The molecule has 1 atom stereocenters. The Morgan fingerprint density at radius 1 is 1.29 bits per heavy atom. The number of rotatable bonds is 8. The van der Waals surface area contributed by atoms with Crippen LogP contribution in [0.25, 0.3) is 22.3 Å². The maximum Gasteiger partial charge on any atom is 0.343 e. The monoisotopic (exact) mass is 480 g/mol. The smallest absolute Gasteiger partial charge is 0.343 e. The van der Waals surface area contributed by atoms with Crippen LogP contribution in [0.5, 0.6) is 5.75 Å². The minimum Gasteiger partial charge on any atom is -0.508 e. The number of nitrogens with two attached hydrogens (primary N) is 1. The molecule has 0 saturated carbocycles. The van der Waals surface area contributed by atoms with Gasteiger partial charge < -0.3 is 35.3 Å². The number of aliphatic hydroxyl groups is 1. The van der Waals surface area contributed by atoms with Gasteiger partial charge in [-0.1, -0.05) is 6.92 Å². The molecule has 0 saturated heterocycles. The minimum atomic E-state index is -1.86. The van der Waals surface area contributed by atoms with Crippen LogP contribution < -0.4 is 16.6 Å². The summed E-state index contributed by atoms with van der Waals surface area (Å²) in [6.45, 7) is 4.30. The van der Waals surface area contributed by atoms with E-state index < -0.39 is 11.6 Å². The first-order chi connectivity index (χ1) is 16.9. The zero-order chi connectivity index (χ0) is 24.7. The molecule has 0 spiro atoms. The Morgan fingerprint density at radius 2 is 2.11 bits per heavy atom. The zero-order valence-corrected chi connectivity index (χ0v) is 19.5. The Kier molecular flexibility index (Phi) is 6.06. The standard InChI is InChI=1S/C25H28N4O6/c1-2-25(33)18-10-20-22-14(12-29(20)23(31)17(18)13-35-24(25)32)9-15-16(11-27-6-8-34-7-5-26)21(30)4-3-19(15)28-22/h3-4,9-10,27,30,33H,2,5-8,11-13,26H2,1H3. The number of ether oxygens (including phenoxy) is 2. The van der Waals surface area contributed by atoms with E-state index in [-0.39, 0.29) is 35.5 Å². The summed E-state index contributed by atoms with van der Waals surface area (Å²) < 4.78 is 12.1. The molecule has 2 aliphatic heterocycles. The molecule has 0 bridgehead atoms. The molecule has 35 heavy (non-hydrogen) atoms. The number of pyridine rings is 2. The van der Waals surface area contributed by atoms with Crippen molar-refractivity contribution in [1.29, 1.82) is 0 Å². The first kappa shape index (κ1) is 23.4. The van der Waals surface area contributed by atoms with E-state index in [9.17, 15) is 19.8 Å². The maximum atomic E-state index is 13.3. The highest BCUT2D eigenvalue weighted by atomic mass is 16.6. The second-order valence-corrected chi connectivity index (χ2v) is 8.81. The van der Waals surface area contributed by atoms with Crippen molar-refractivity contribution in [3.8, 4) is 17.1 Å². The molecule has 0 fully saturated rings. The van der Waals surface area contributed by atoms with E-state index in [1.807, 2.05) is 6.07 Å². The van der Waals surface area contributed by atoms with Crippen molar-refractivity contribution in [2.75, 3.05) is 26.3 Å². The number of aromatic hydroxyl groups is 1. The Morgan fingerprint density at radius 3 is 2.89 bits per heavy atom. The third-order valence-electron chi connectivity index (χ3n) is 6.77. The van der Waals surface area contributed by atoms with Gasteiger partial charge in [0.15, 0.2) is 5.60 Å². The number of fused-ring (bicyclic) bond motifs is 5. The SMILES string of the molecule is CCC1(O)C(=O)OCc2c1cc1n(c2=O)Cc2cc3c(CNCCOCCN)c(O)ccc3nc2-1. The first-order valence-corrected chi connectivity index (χ1v) is 11.7. The lowest BCUT2D eigenvalue weighted by atomic mass is 9.86. The molecule has 0 amide bonds. The largest absolute Gasteiger partial charge is 0.508 e. The molecule has 1 unspecified atom stereocenters. The molecule has 1 aromatic carbocycles. The predicted molar refractivity (Wildman–Crippen MR) is 128 cm³/mol. The molecule has 184 valence electrons. The summed E-state index contributed by atoms with van der Waals surface area (Å²) in [5.41, 5.74) is 7.20. The highest BCUT2D eigenvalue weighted by Gasteiger charge is 2.45. The normalized spacial score (nSPS) is 18.3. The van der Waals surface area contributed by atoms with E-state index in [0.717, 1.165) is 10.9 Å². The van der Waals surface area contributed by atoms with Crippen molar-refractivity contribution in [2.24, 2.45) is 5.73 Å². The lowest BCUT2D eigenvalue weighted by molar-refractivity contribution is -0.172. The van der Waals surface area contributed by atoms with Crippen LogP contribution in [0.1, 0.15) is 35.6 Å². The van der Waals surface area contributed by atoms with Gasteiger partial charge in [-0.25, -0.2) is 9.78 Å². The van der Waals surface area contributed by atoms with Crippen molar-refractivity contribution in [3.63, 3.8) is 0 Å². The van der Waals surface area contributed by atoms with Crippen LogP contribution in [-0.4, -0.2) is 52.0 Å². The summed E-state index contributed by atoms with van der Waals surface area (Å²) in [5.74, 6) is -0.593. The summed E-state index contributed by atoms with van der Waals surface area (Å²) >= 11 is 0. The van der Waals surface area contributed by atoms with E-state index in [0.29, 0.717) is 61.9 Å². The van der Waals surface area contributed by atoms with E-state index in [2.05, 4.69) is 5.32 Å². The third kappa shape index (κ3) is 3.79. The molecule has 5 N–H and O–H groups in total. The van der Waals surface area contributed by atoms with Gasteiger partial charge in [-0.05, 0) is 30.7 Å². The third-order valence-corrected chi connectivity index (χ3v) is 6.77. The topological polar surface area (TPSA) is 149 Å². The fourth-order valence-electron chi connectivity index (χ4n) is 4.83. The number of carbonyl (C=O) groups excluding carboxylic acids is 1. The van der Waals surface area contributed by atoms with Crippen molar-refractivity contribution in [2.45, 2.75) is 38.6 Å². The predicted octanol–water partition coefficient (Wildman–Crippen LogP) is 0.850. The van der Waals surface area contributed by atoms with Gasteiger partial charge in [-0.2, -0.15) is 0 Å². The number of hydrogen-bond acceptors (Lipinski definition) is 9. The van der Waals surface area contributed by atoms with E-state index in [1.54, 1.807) is 29.7 Å². The number of nitrogens with one attached hydrogen (secondary N) is 1. The summed E-state index contributed by atoms with van der Waals surface area (Å²) in [6.07, 6.45) is 0.0899. The molecule has 5 rings (SSSR count). The van der Waals surface area contributed by atoms with Crippen LogP contribution in [-0.2, 0) is 39.6 Å². The van der Waals surface area contributed by atoms with Crippen molar-refractivity contribution in [3.05, 3.63) is 56.9 Å². The summed E-state index contributed by atoms with van der Waals surface area (Å²) in [4.78, 5) is 30.5. The van der Waals surface area contributed by atoms with Crippen LogP contribution >= 0.6 is 0 Å². The lowest BCUT2D eigenvalue weighted by Gasteiger charge is -2.31. The van der Waals surface area contributed by atoms with Crippen LogP contribution in [0.3, 0.4) is 0 Å². The van der Waals surface area contributed by atoms with Crippen LogP contribution in [0.4, 0.5) is 0 Å². The molecule has 3 aromatic rings. The molecule has 10 nitrogen and oxygen atoms in total. The van der Waals surface area contributed by atoms with E-state index in [1.165, 1.54) is 0 Å². The minimum absolute atomic E-state index is 0.0899. The molecular weight excluding hydrogens is 452 g/mol. The van der Waals surface area contributed by atoms with Gasteiger partial charge in [0, 0.05) is 41.7 Å². The number of hydrogen-bond donors (Lipinski definition) is 4. The van der Waals surface area contributed by atoms with Crippen molar-refractivity contribution >= 4 is 16.9 Å². The Hall–Kier alpha value is -3.31. The summed E-state index contributed by atoms with van der Waals surface area (Å²) in [5, 5.41) is 25.6. The molecule has 0 aliphatic carbocycles. The number of phenols is 1. The van der Waals surface area contributed by atoms with Gasteiger partial charge in [0.2, 0.25) is 0 Å². The Balaban J connectivity index is 1.54. The van der Waals surface area contributed by atoms with Gasteiger partial charge in [0.1, 0.15) is 12.4 Å². The average molecular weight is 481 g/mol. The van der Waals surface area contributed by atoms with Gasteiger partial charge in [-0.3, -0.25) is 4.79 Å². The summed E-state index contributed by atoms with van der Waals surface area (Å²) in [6, 6.07) is 6.97. The number of benzene rings is 1. The van der Waals surface area contributed by atoms with Gasteiger partial charge in [-0.15, -0.1) is 0 Å².